The van der Waals surface area contributed by atoms with Gasteiger partial charge >= 0.3 is 6.72 Å². The van der Waals surface area contributed by atoms with Gasteiger partial charge in [0.25, 0.3) is 0 Å². The maximum absolute atomic E-state index is 15.6. The van der Waals surface area contributed by atoms with Crippen molar-refractivity contribution in [1.29, 1.82) is 0 Å². The highest BCUT2D eigenvalue weighted by Gasteiger charge is 2.50. The molecule has 2 unspecified atom stereocenters. The summed E-state index contributed by atoms with van der Waals surface area (Å²) < 4.78 is 46.7. The molecule has 0 spiro atoms. The van der Waals surface area contributed by atoms with E-state index in [2.05, 4.69) is 39.4 Å². The van der Waals surface area contributed by atoms with Gasteiger partial charge in [0.15, 0.2) is 29.2 Å². The Labute approximate surface area is 254 Å². The first-order valence-corrected chi connectivity index (χ1v) is 16.1. The second kappa shape index (κ2) is 12.5. The van der Waals surface area contributed by atoms with Crippen LogP contribution in [0.5, 0.6) is 0 Å². The first-order chi connectivity index (χ1) is 21.1. The molecule has 18 nitrogen and oxygen atoms in total. The number of imidazole rings is 2. The lowest BCUT2D eigenvalue weighted by atomic mass is 9.98. The van der Waals surface area contributed by atoms with Crippen molar-refractivity contribution >= 4 is 68.2 Å². The summed E-state index contributed by atoms with van der Waals surface area (Å²) in [6.07, 6.45) is -3.03. The molecule has 0 aliphatic carbocycles. The number of hydrogen-bond donors (Lipinski definition) is 4. The normalized spacial score (nSPS) is 30.3. The minimum Gasteiger partial charge on any atom is -0.386 e. The molecular weight excluding hydrogens is 645 g/mol. The van der Waals surface area contributed by atoms with Crippen LogP contribution in [-0.4, -0.2) is 99.1 Å². The molecule has 0 bridgehead atoms. The van der Waals surface area contributed by atoms with E-state index in [1.807, 2.05) is 0 Å². The van der Waals surface area contributed by atoms with Crippen molar-refractivity contribution in [2.24, 2.45) is 5.92 Å². The predicted molar refractivity (Wildman–Crippen MR) is 155 cm³/mol. The summed E-state index contributed by atoms with van der Waals surface area (Å²) in [4.78, 5) is 46.8. The molecular formula is C22H27FN10O8P2S. The van der Waals surface area contributed by atoms with Gasteiger partial charge in [-0.3, -0.25) is 13.7 Å². The number of aromatic nitrogens is 8. The number of nitrogen functional groups attached to an aromatic ring is 2. The third-order valence-corrected chi connectivity index (χ3v) is 9.11. The minimum absolute atomic E-state index is 0.0811. The van der Waals surface area contributed by atoms with Gasteiger partial charge in [-0.15, -0.1) is 0 Å². The van der Waals surface area contributed by atoms with Crippen LogP contribution in [-0.2, 0) is 39.6 Å². The number of nitrogens with zero attached hydrogens (tertiary/aromatic N) is 8. The molecule has 2 saturated heterocycles. The average molecular weight is 673 g/mol. The van der Waals surface area contributed by atoms with Gasteiger partial charge in [-0.05, 0) is 11.8 Å². The van der Waals surface area contributed by atoms with Crippen molar-refractivity contribution < 1.29 is 42.2 Å². The highest BCUT2D eigenvalue weighted by Crippen LogP contribution is 2.50. The molecule has 2 fully saturated rings. The molecule has 6 rings (SSSR count). The van der Waals surface area contributed by atoms with E-state index >= 15 is 4.39 Å². The smallest absolute Gasteiger partial charge is 0.325 e. The Kier molecular flexibility index (Phi) is 8.82. The Bertz CT molecular complexity index is 1720. The van der Waals surface area contributed by atoms with Crippen molar-refractivity contribution in [1.82, 2.24) is 39.0 Å². The van der Waals surface area contributed by atoms with Crippen molar-refractivity contribution in [2.45, 2.75) is 49.5 Å². The van der Waals surface area contributed by atoms with Crippen LogP contribution in [0.4, 0.5) is 16.0 Å². The lowest BCUT2D eigenvalue weighted by Crippen LogP contribution is -2.36. The Morgan fingerprint density at radius 2 is 1.59 bits per heavy atom. The Morgan fingerprint density at radius 1 is 1.00 bits per heavy atom. The maximum atomic E-state index is 15.6. The highest BCUT2D eigenvalue weighted by molar-refractivity contribution is 8.07. The summed E-state index contributed by atoms with van der Waals surface area (Å²) in [6, 6.07) is 0. The van der Waals surface area contributed by atoms with Crippen LogP contribution in [0.15, 0.2) is 25.3 Å². The van der Waals surface area contributed by atoms with Gasteiger partial charge in [-0.2, -0.15) is 0 Å². The molecule has 10 atom stereocenters. The molecule has 0 saturated carbocycles. The number of aliphatic hydroxyl groups is 1. The van der Waals surface area contributed by atoms with Gasteiger partial charge in [0, 0.05) is 21.8 Å². The van der Waals surface area contributed by atoms with Crippen LogP contribution >= 0.6 is 16.2 Å². The van der Waals surface area contributed by atoms with E-state index in [0.717, 1.165) is 0 Å². The highest BCUT2D eigenvalue weighted by atomic mass is 32.5. The standard InChI is InChI=1S/C22H27FN10O8P2S/c23-12-9(1-2-34)21(32-7-30-13-17(24)26-5-28-19(13)32)39-10(12)4-38-43(36,44)41-16-11(3-37-42)40-22(15(16)35)33-8-31-14-18(25)27-6-29-20(14)33/h2,5-12,15-16,21-22,35H,1,3-4,42H2,(H,36,44)(H2,24,26,28)(H2,25,27,29)/t9-,10-,11-,12+,15-,16-,21-,22-,43?/m1/s1. The van der Waals surface area contributed by atoms with Gasteiger partial charge in [0.1, 0.15) is 66.8 Å². The van der Waals surface area contributed by atoms with Gasteiger partial charge in [-0.25, -0.2) is 34.3 Å². The summed E-state index contributed by atoms with van der Waals surface area (Å²) in [5, 5.41) is 11.2. The predicted octanol–water partition coefficient (Wildman–Crippen LogP) is -0.0451. The number of halogens is 1. The molecule has 0 radical (unpaired) electrons. The van der Waals surface area contributed by atoms with Crippen LogP contribution < -0.4 is 11.5 Å². The first-order valence-electron chi connectivity index (χ1n) is 13.0. The topological polar surface area (TPSA) is 243 Å². The fourth-order valence-corrected chi connectivity index (χ4v) is 6.96. The lowest BCUT2D eigenvalue weighted by Gasteiger charge is -2.26. The summed E-state index contributed by atoms with van der Waals surface area (Å²) >= 11 is 5.22. The van der Waals surface area contributed by atoms with Crippen molar-refractivity contribution in [2.75, 3.05) is 24.7 Å². The Balaban J connectivity index is 1.17. The van der Waals surface area contributed by atoms with Gasteiger partial charge in [0.2, 0.25) is 0 Å². The van der Waals surface area contributed by atoms with Crippen molar-refractivity contribution in [3.63, 3.8) is 0 Å². The van der Waals surface area contributed by atoms with Crippen LogP contribution in [0.2, 0.25) is 0 Å². The molecule has 0 aromatic carbocycles. The number of rotatable bonds is 11. The van der Waals surface area contributed by atoms with E-state index in [-0.39, 0.29) is 35.8 Å². The Morgan fingerprint density at radius 3 is 2.18 bits per heavy atom. The number of anilines is 2. The molecule has 4 aromatic rings. The zero-order valence-corrected chi connectivity index (χ0v) is 25.4. The van der Waals surface area contributed by atoms with E-state index in [0.29, 0.717) is 17.5 Å². The van der Waals surface area contributed by atoms with Gasteiger partial charge < -0.3 is 44.8 Å². The monoisotopic (exact) mass is 672 g/mol. The van der Waals surface area contributed by atoms with Crippen molar-refractivity contribution in [3.8, 4) is 0 Å². The summed E-state index contributed by atoms with van der Waals surface area (Å²) in [6.45, 7) is -4.77. The number of aldehydes is 1. The van der Waals surface area contributed by atoms with E-state index < -0.39 is 62.3 Å². The summed E-state index contributed by atoms with van der Waals surface area (Å²) in [7, 11) is 2.06. The number of alkyl halides is 1. The number of nitrogens with two attached hydrogens (primary N) is 2. The second-order valence-corrected chi connectivity index (χ2v) is 13.1. The molecule has 6 N–H and O–H groups in total. The number of carbonyl (C=O) groups is 1. The van der Waals surface area contributed by atoms with E-state index in [1.165, 1.54) is 34.4 Å². The number of aliphatic hydroxyl groups excluding tert-OH is 1. The largest absolute Gasteiger partial charge is 0.386 e. The molecule has 0 amide bonds. The van der Waals surface area contributed by atoms with Crippen LogP contribution in [0, 0.1) is 5.92 Å². The summed E-state index contributed by atoms with van der Waals surface area (Å²) in [5.74, 6) is -0.683. The second-order valence-electron chi connectivity index (χ2n) is 9.97. The molecule has 2 aliphatic rings. The zero-order chi connectivity index (χ0) is 31.2. The fourth-order valence-electron chi connectivity index (χ4n) is 5.32. The average Bonchev–Trinajstić information content (AvgIpc) is 3.75. The minimum atomic E-state index is -4.15. The molecule has 236 valence electrons. The quantitative estimate of drug-likeness (QED) is 0.121. The molecule has 4 aromatic heterocycles. The van der Waals surface area contributed by atoms with E-state index in [4.69, 9.17) is 46.3 Å². The number of fused-ring (bicyclic) bond motifs is 2. The Hall–Kier alpha value is -2.90. The van der Waals surface area contributed by atoms with Crippen LogP contribution in [0.3, 0.4) is 0 Å². The molecule has 22 heteroatoms. The van der Waals surface area contributed by atoms with E-state index in [9.17, 15) is 14.8 Å². The number of carbonyl (C=O) groups excluding carboxylic acids is 1. The van der Waals surface area contributed by atoms with Crippen LogP contribution in [0.25, 0.3) is 22.3 Å². The maximum Gasteiger partial charge on any atom is 0.325 e. The fraction of sp³-hybridized carbons (Fsp3) is 0.500. The lowest BCUT2D eigenvalue weighted by molar-refractivity contribution is -0.109. The third kappa shape index (κ3) is 5.66. The first kappa shape index (κ1) is 31.1. The molecule has 2 aliphatic heterocycles. The van der Waals surface area contributed by atoms with Gasteiger partial charge in [-0.1, -0.05) is 0 Å². The number of hydrogen-bond acceptors (Lipinski definition) is 16. The van der Waals surface area contributed by atoms with Crippen molar-refractivity contribution in [3.05, 3.63) is 25.3 Å². The SMILES string of the molecule is Nc1ncnc2c1ncn2[C@@H]1O[C@H](COP)[C@@H](OP(O)(=S)OC[C@H]2O[C@@H](n3cnc4c(N)ncnc43)[C@H](CC=O)[C@@H]2F)[C@H]1O. The third-order valence-electron chi connectivity index (χ3n) is 7.36. The van der Waals surface area contributed by atoms with Crippen LogP contribution in [0.1, 0.15) is 18.9 Å². The van der Waals surface area contributed by atoms with E-state index in [1.54, 1.807) is 0 Å². The van der Waals surface area contributed by atoms with Gasteiger partial charge in [0.05, 0.1) is 25.9 Å². The molecule has 6 heterocycles. The molecule has 44 heavy (non-hydrogen) atoms. The number of ether oxygens (including phenoxy) is 2. The zero-order valence-electron chi connectivity index (χ0n) is 22.5. The summed E-state index contributed by atoms with van der Waals surface area (Å²) in [5.41, 5.74) is 12.9.